The topological polar surface area (TPSA) is 30.0 Å². The average Bonchev–Trinajstić information content (AvgIpc) is 2.36. The van der Waals surface area contributed by atoms with Crippen LogP contribution in [0.4, 0.5) is 0 Å². The summed E-state index contributed by atoms with van der Waals surface area (Å²) in [5, 5.41) is 2.24. The van der Waals surface area contributed by atoms with Crippen molar-refractivity contribution in [1.82, 2.24) is 4.98 Å². The van der Waals surface area contributed by atoms with Gasteiger partial charge in [-0.2, -0.15) is 0 Å². The number of carbonyl (C=O) groups is 1. The van der Waals surface area contributed by atoms with E-state index in [9.17, 15) is 4.79 Å². The van der Waals surface area contributed by atoms with E-state index in [0.29, 0.717) is 6.42 Å². The van der Waals surface area contributed by atoms with Crippen LogP contribution >= 0.6 is 0 Å². The molecule has 0 saturated heterocycles. The number of allylic oxidation sites excluding steroid dienone is 2. The first-order chi connectivity index (χ1) is 9.46. The maximum absolute atomic E-state index is 12.5. The Hall–Kier alpha value is -1.96. The summed E-state index contributed by atoms with van der Waals surface area (Å²) < 4.78 is 0. The Morgan fingerprint density at radius 3 is 2.65 bits per heavy atom. The highest BCUT2D eigenvalue weighted by Crippen LogP contribution is 2.40. The van der Waals surface area contributed by atoms with E-state index in [2.05, 4.69) is 31.8 Å². The molecule has 0 N–H and O–H groups in total. The Kier molecular flexibility index (Phi) is 2.97. The molecule has 0 unspecified atom stereocenters. The van der Waals surface area contributed by atoms with Crippen molar-refractivity contribution in [2.75, 3.05) is 0 Å². The molecule has 1 heterocycles. The van der Waals surface area contributed by atoms with Crippen molar-refractivity contribution >= 4 is 22.1 Å². The molecule has 2 heteroatoms. The zero-order valence-electron chi connectivity index (χ0n) is 12.2. The van der Waals surface area contributed by atoms with E-state index in [1.165, 1.54) is 5.57 Å². The lowest BCUT2D eigenvalue weighted by atomic mass is 9.72. The number of nitrogens with zero attached hydrogens (tertiary/aromatic N) is 1. The number of fused-ring (bicyclic) bond motifs is 1. The van der Waals surface area contributed by atoms with Crippen molar-refractivity contribution in [3.63, 3.8) is 0 Å². The van der Waals surface area contributed by atoms with Gasteiger partial charge in [0.2, 0.25) is 0 Å². The first-order valence-electron chi connectivity index (χ1n) is 7.03. The Morgan fingerprint density at radius 2 is 1.90 bits per heavy atom. The lowest BCUT2D eigenvalue weighted by molar-refractivity contribution is -0.116. The van der Waals surface area contributed by atoms with E-state index in [0.717, 1.165) is 28.3 Å². The summed E-state index contributed by atoms with van der Waals surface area (Å²) in [6, 6.07) is 8.18. The molecular formula is C18H19NO. The summed E-state index contributed by atoms with van der Waals surface area (Å²) in [5.41, 5.74) is 3.26. The third-order valence-electron chi connectivity index (χ3n) is 4.02. The Balaban J connectivity index is 2.12. The van der Waals surface area contributed by atoms with Crippen LogP contribution in [-0.2, 0) is 4.79 Å². The van der Waals surface area contributed by atoms with Crippen LogP contribution in [0.1, 0.15) is 39.2 Å². The van der Waals surface area contributed by atoms with Crippen molar-refractivity contribution in [3.05, 3.63) is 47.8 Å². The van der Waals surface area contributed by atoms with Gasteiger partial charge in [-0.1, -0.05) is 31.6 Å². The molecule has 0 spiro atoms. The first-order valence-corrected chi connectivity index (χ1v) is 7.03. The number of hydrogen-bond acceptors (Lipinski definition) is 2. The number of benzene rings is 1. The van der Waals surface area contributed by atoms with E-state index in [1.807, 2.05) is 24.4 Å². The van der Waals surface area contributed by atoms with Crippen LogP contribution < -0.4 is 0 Å². The predicted molar refractivity (Wildman–Crippen MR) is 82.4 cm³/mol. The number of Topliss-reactive ketones (excluding diaryl/α,β-unsaturated/α-hetero) is 1. The minimum absolute atomic E-state index is 0.0887. The Morgan fingerprint density at radius 1 is 1.10 bits per heavy atom. The number of carbonyl (C=O) groups excluding carboxylic acids is 1. The molecule has 3 rings (SSSR count). The highest BCUT2D eigenvalue weighted by molar-refractivity contribution is 6.23. The molecule has 0 fully saturated rings. The second-order valence-electron chi connectivity index (χ2n) is 6.53. The second-order valence-corrected chi connectivity index (χ2v) is 6.53. The van der Waals surface area contributed by atoms with Gasteiger partial charge in [0.15, 0.2) is 5.78 Å². The van der Waals surface area contributed by atoms with Gasteiger partial charge in [-0.15, -0.1) is 0 Å². The number of aromatic nitrogens is 1. The zero-order valence-corrected chi connectivity index (χ0v) is 12.2. The minimum Gasteiger partial charge on any atom is -0.294 e. The second kappa shape index (κ2) is 4.55. The van der Waals surface area contributed by atoms with Crippen LogP contribution in [-0.4, -0.2) is 10.8 Å². The fourth-order valence-electron chi connectivity index (χ4n) is 3.28. The van der Waals surface area contributed by atoms with Crippen molar-refractivity contribution in [1.29, 1.82) is 0 Å². The fraction of sp³-hybridized carbons (Fsp3) is 0.333. The van der Waals surface area contributed by atoms with Gasteiger partial charge in [0.05, 0.1) is 0 Å². The smallest absolute Gasteiger partial charge is 0.163 e. The molecule has 2 nitrogen and oxygen atoms in total. The normalized spacial score (nSPS) is 18.6. The van der Waals surface area contributed by atoms with Gasteiger partial charge in [-0.25, -0.2) is 0 Å². The van der Waals surface area contributed by atoms with Gasteiger partial charge < -0.3 is 0 Å². The molecule has 102 valence electrons. The monoisotopic (exact) mass is 265 g/mol. The van der Waals surface area contributed by atoms with Crippen LogP contribution in [0.15, 0.2) is 42.2 Å². The minimum atomic E-state index is 0.0887. The number of hydrogen-bond donors (Lipinski definition) is 0. The van der Waals surface area contributed by atoms with Gasteiger partial charge in [0.25, 0.3) is 0 Å². The quantitative estimate of drug-likeness (QED) is 0.765. The molecule has 0 bridgehead atoms. The molecule has 2 aromatic rings. The molecule has 0 amide bonds. The first kappa shape index (κ1) is 13.0. The van der Waals surface area contributed by atoms with Gasteiger partial charge in [-0.3, -0.25) is 9.78 Å². The van der Waals surface area contributed by atoms with Crippen molar-refractivity contribution in [2.24, 2.45) is 5.41 Å². The van der Waals surface area contributed by atoms with Crippen LogP contribution in [0.25, 0.3) is 16.3 Å². The lowest BCUT2D eigenvalue weighted by Gasteiger charge is -2.31. The number of pyridine rings is 1. The van der Waals surface area contributed by atoms with Crippen LogP contribution in [0.3, 0.4) is 0 Å². The highest BCUT2D eigenvalue weighted by Gasteiger charge is 2.31. The third kappa shape index (κ3) is 2.26. The van der Waals surface area contributed by atoms with E-state index in [4.69, 9.17) is 0 Å². The van der Waals surface area contributed by atoms with Gasteiger partial charge >= 0.3 is 0 Å². The molecule has 0 aliphatic heterocycles. The van der Waals surface area contributed by atoms with E-state index < -0.39 is 0 Å². The van der Waals surface area contributed by atoms with E-state index in [-0.39, 0.29) is 11.2 Å². The molecule has 0 radical (unpaired) electrons. The predicted octanol–water partition coefficient (Wildman–Crippen LogP) is 4.40. The highest BCUT2D eigenvalue weighted by atomic mass is 16.1. The Labute approximate surface area is 119 Å². The maximum atomic E-state index is 12.5. The molecular weight excluding hydrogens is 246 g/mol. The molecule has 1 aromatic heterocycles. The molecule has 1 aromatic carbocycles. The summed E-state index contributed by atoms with van der Waals surface area (Å²) in [7, 11) is 0. The van der Waals surface area contributed by atoms with Crippen LogP contribution in [0.5, 0.6) is 0 Å². The van der Waals surface area contributed by atoms with Gasteiger partial charge in [0.1, 0.15) is 0 Å². The SMILES string of the molecule is CC1=C(c2ccc3cnccc3c2)C(=O)CC(C)(C)C1. The zero-order chi connectivity index (χ0) is 14.3. The Bertz CT molecular complexity index is 725. The molecule has 1 aliphatic rings. The van der Waals surface area contributed by atoms with Crippen molar-refractivity contribution in [2.45, 2.75) is 33.6 Å². The van der Waals surface area contributed by atoms with Crippen LogP contribution in [0.2, 0.25) is 0 Å². The summed E-state index contributed by atoms with van der Waals surface area (Å²) in [6.45, 7) is 6.42. The van der Waals surface area contributed by atoms with Crippen molar-refractivity contribution in [3.8, 4) is 0 Å². The summed E-state index contributed by atoms with van der Waals surface area (Å²) >= 11 is 0. The number of rotatable bonds is 1. The van der Waals surface area contributed by atoms with Gasteiger partial charge in [-0.05, 0) is 41.8 Å². The van der Waals surface area contributed by atoms with Crippen LogP contribution in [0, 0.1) is 5.41 Å². The molecule has 0 saturated carbocycles. The lowest BCUT2D eigenvalue weighted by Crippen LogP contribution is -2.24. The summed E-state index contributed by atoms with van der Waals surface area (Å²) in [6.07, 6.45) is 5.27. The van der Waals surface area contributed by atoms with E-state index >= 15 is 0 Å². The largest absolute Gasteiger partial charge is 0.294 e. The third-order valence-corrected chi connectivity index (χ3v) is 4.02. The summed E-state index contributed by atoms with van der Waals surface area (Å²) in [4.78, 5) is 16.6. The van der Waals surface area contributed by atoms with E-state index in [1.54, 1.807) is 6.20 Å². The standard InChI is InChI=1S/C18H19NO/c1-12-9-18(2,3)10-16(20)17(12)14-4-5-15-11-19-7-6-13(15)8-14/h4-8,11H,9-10H2,1-3H3. The van der Waals surface area contributed by atoms with Crippen molar-refractivity contribution < 1.29 is 4.79 Å². The molecule has 1 aliphatic carbocycles. The van der Waals surface area contributed by atoms with Gasteiger partial charge in [0, 0.05) is 29.8 Å². The summed E-state index contributed by atoms with van der Waals surface area (Å²) in [5.74, 6) is 0.271. The molecule has 0 atom stereocenters. The maximum Gasteiger partial charge on any atom is 0.163 e. The average molecular weight is 265 g/mol. The number of ketones is 1. The fourth-order valence-corrected chi connectivity index (χ4v) is 3.28. The molecule has 20 heavy (non-hydrogen) atoms.